The third kappa shape index (κ3) is 8.55. The van der Waals surface area contributed by atoms with Crippen molar-refractivity contribution < 1.29 is 4.42 Å². The Labute approximate surface area is 198 Å². The second-order valence-corrected chi connectivity index (χ2v) is 7.39. The first kappa shape index (κ1) is 24.5. The molecule has 6 nitrogen and oxygen atoms in total. The number of nitrogens with zero attached hydrogens (tertiary/aromatic N) is 3. The summed E-state index contributed by atoms with van der Waals surface area (Å²) in [6, 6.07) is 14.7. The summed E-state index contributed by atoms with van der Waals surface area (Å²) in [5.74, 6) is 1.90. The fourth-order valence-electron chi connectivity index (χ4n) is 3.61. The number of hydrogen-bond donors (Lipinski definition) is 2. The van der Waals surface area contributed by atoms with Crippen LogP contribution in [-0.2, 0) is 6.42 Å². The van der Waals surface area contributed by atoms with E-state index in [1.54, 1.807) is 6.26 Å². The maximum Gasteiger partial charge on any atom is 0.191 e. The number of unbranched alkanes of at least 4 members (excludes halogenated alkanes) is 1. The molecule has 0 aliphatic carbocycles. The molecule has 1 aromatic heterocycles. The van der Waals surface area contributed by atoms with Crippen molar-refractivity contribution in [2.45, 2.75) is 26.2 Å². The first-order chi connectivity index (χ1) is 14.3. The lowest BCUT2D eigenvalue weighted by atomic mass is 10.2. The van der Waals surface area contributed by atoms with Crippen molar-refractivity contribution in [1.82, 2.24) is 15.5 Å². The van der Waals surface area contributed by atoms with Gasteiger partial charge in [0.1, 0.15) is 5.76 Å². The van der Waals surface area contributed by atoms with E-state index in [1.165, 1.54) is 18.7 Å². The zero-order valence-electron chi connectivity index (χ0n) is 18.1. The number of nitrogens with one attached hydrogen (secondary N) is 2. The Morgan fingerprint density at radius 2 is 1.80 bits per heavy atom. The summed E-state index contributed by atoms with van der Waals surface area (Å²) in [4.78, 5) is 9.77. The van der Waals surface area contributed by atoms with Crippen molar-refractivity contribution in [3.05, 3.63) is 54.5 Å². The minimum atomic E-state index is 0. The molecule has 1 aliphatic heterocycles. The molecule has 0 radical (unpaired) electrons. The maximum atomic E-state index is 5.37. The van der Waals surface area contributed by atoms with Gasteiger partial charge in [0.05, 0.1) is 6.26 Å². The Bertz CT molecular complexity index is 700. The molecule has 2 heterocycles. The third-order valence-corrected chi connectivity index (χ3v) is 5.23. The lowest BCUT2D eigenvalue weighted by Crippen LogP contribution is -2.46. The second-order valence-electron chi connectivity index (χ2n) is 7.39. The number of rotatable bonds is 10. The Morgan fingerprint density at radius 3 is 2.50 bits per heavy atom. The molecule has 2 N–H and O–H groups in total. The van der Waals surface area contributed by atoms with Crippen molar-refractivity contribution in [2.75, 3.05) is 57.3 Å². The number of hydrogen-bond acceptors (Lipinski definition) is 4. The minimum absolute atomic E-state index is 0. The van der Waals surface area contributed by atoms with Gasteiger partial charge in [0.15, 0.2) is 5.96 Å². The summed E-state index contributed by atoms with van der Waals surface area (Å²) < 4.78 is 5.37. The Balaban J connectivity index is 0.00000320. The van der Waals surface area contributed by atoms with E-state index >= 15 is 0 Å². The molecule has 30 heavy (non-hydrogen) atoms. The molecule has 2 aromatic rings. The van der Waals surface area contributed by atoms with E-state index in [4.69, 9.17) is 9.41 Å². The van der Waals surface area contributed by atoms with Gasteiger partial charge in [-0.15, -0.1) is 24.0 Å². The number of guanidine groups is 1. The molecular formula is C23H36IN5O. The average molecular weight is 525 g/mol. The van der Waals surface area contributed by atoms with E-state index in [1.807, 2.05) is 12.1 Å². The molecule has 1 saturated heterocycles. The van der Waals surface area contributed by atoms with E-state index in [2.05, 4.69) is 57.7 Å². The maximum absolute atomic E-state index is 5.37. The molecule has 1 fully saturated rings. The van der Waals surface area contributed by atoms with Gasteiger partial charge in [-0.05, 0) is 50.6 Å². The van der Waals surface area contributed by atoms with Crippen molar-refractivity contribution in [1.29, 1.82) is 0 Å². The summed E-state index contributed by atoms with van der Waals surface area (Å²) in [7, 11) is 0. The van der Waals surface area contributed by atoms with Crippen LogP contribution in [0.3, 0.4) is 0 Å². The van der Waals surface area contributed by atoms with E-state index in [-0.39, 0.29) is 24.0 Å². The van der Waals surface area contributed by atoms with Crippen LogP contribution in [0.4, 0.5) is 5.69 Å². The average Bonchev–Trinajstić information content (AvgIpc) is 3.28. The first-order valence-electron chi connectivity index (χ1n) is 10.9. The summed E-state index contributed by atoms with van der Waals surface area (Å²) >= 11 is 0. The molecule has 3 rings (SSSR count). The van der Waals surface area contributed by atoms with Crippen LogP contribution in [0, 0.1) is 0 Å². The van der Waals surface area contributed by atoms with Crippen LogP contribution in [0.25, 0.3) is 0 Å². The van der Waals surface area contributed by atoms with Gasteiger partial charge in [0.2, 0.25) is 0 Å². The number of piperazine rings is 1. The molecule has 166 valence electrons. The molecule has 0 bridgehead atoms. The highest BCUT2D eigenvalue weighted by Gasteiger charge is 2.16. The van der Waals surface area contributed by atoms with Crippen LogP contribution < -0.4 is 15.5 Å². The molecule has 0 saturated carbocycles. The predicted molar refractivity (Wildman–Crippen MR) is 136 cm³/mol. The van der Waals surface area contributed by atoms with E-state index in [0.29, 0.717) is 0 Å². The fourth-order valence-corrected chi connectivity index (χ4v) is 3.61. The number of anilines is 1. The van der Waals surface area contributed by atoms with Crippen LogP contribution >= 0.6 is 24.0 Å². The van der Waals surface area contributed by atoms with Gasteiger partial charge < -0.3 is 20.0 Å². The van der Waals surface area contributed by atoms with Gasteiger partial charge in [-0.3, -0.25) is 9.89 Å². The highest BCUT2D eigenvalue weighted by Crippen LogP contribution is 2.15. The molecule has 0 amide bonds. The standard InChI is InChI=1S/C23H35N5O.HI/c1-2-24-23(26-14-12-22-11-8-20-29-22)25-13-6-7-15-27-16-18-28(19-17-27)21-9-4-3-5-10-21;/h3-5,8-11,20H,2,6-7,12-19H2,1H3,(H2,24,25,26);1H. The van der Waals surface area contributed by atoms with Crippen molar-refractivity contribution in [3.8, 4) is 0 Å². The van der Waals surface area contributed by atoms with Crippen LogP contribution in [0.5, 0.6) is 0 Å². The molecule has 0 atom stereocenters. The topological polar surface area (TPSA) is 56.0 Å². The lowest BCUT2D eigenvalue weighted by Gasteiger charge is -2.36. The van der Waals surface area contributed by atoms with Gasteiger partial charge in [-0.1, -0.05) is 18.2 Å². The van der Waals surface area contributed by atoms with Gasteiger partial charge in [-0.2, -0.15) is 0 Å². The van der Waals surface area contributed by atoms with Gasteiger partial charge in [0.25, 0.3) is 0 Å². The lowest BCUT2D eigenvalue weighted by molar-refractivity contribution is 0.253. The zero-order chi connectivity index (χ0) is 20.2. The quantitative estimate of drug-likeness (QED) is 0.215. The van der Waals surface area contributed by atoms with Crippen LogP contribution in [-0.4, -0.2) is 63.2 Å². The van der Waals surface area contributed by atoms with Crippen molar-refractivity contribution >= 4 is 35.6 Å². The Kier molecular flexibility index (Phi) is 11.7. The monoisotopic (exact) mass is 525 g/mol. The van der Waals surface area contributed by atoms with Gasteiger partial charge in [-0.25, -0.2) is 0 Å². The Morgan fingerprint density at radius 1 is 1.00 bits per heavy atom. The largest absolute Gasteiger partial charge is 0.469 e. The number of furan rings is 1. The second kappa shape index (κ2) is 14.3. The minimum Gasteiger partial charge on any atom is -0.469 e. The third-order valence-electron chi connectivity index (χ3n) is 5.23. The SMILES string of the molecule is CCNC(=NCCCCN1CCN(c2ccccc2)CC1)NCCc1ccco1.I. The highest BCUT2D eigenvalue weighted by molar-refractivity contribution is 14.0. The summed E-state index contributed by atoms with van der Waals surface area (Å²) in [6.07, 6.45) is 4.90. The first-order valence-corrected chi connectivity index (χ1v) is 10.9. The molecule has 1 aliphatic rings. The van der Waals surface area contributed by atoms with E-state index in [0.717, 1.165) is 70.4 Å². The molecule has 1 aromatic carbocycles. The number of aliphatic imine (C=N–C) groups is 1. The molecule has 7 heteroatoms. The van der Waals surface area contributed by atoms with Crippen LogP contribution in [0.2, 0.25) is 0 Å². The summed E-state index contributed by atoms with van der Waals surface area (Å²) in [5, 5.41) is 6.70. The number of benzene rings is 1. The number of para-hydroxylation sites is 1. The summed E-state index contributed by atoms with van der Waals surface area (Å²) in [5.41, 5.74) is 1.34. The molecule has 0 spiro atoms. The fraction of sp³-hybridized carbons (Fsp3) is 0.522. The zero-order valence-corrected chi connectivity index (χ0v) is 20.4. The summed E-state index contributed by atoms with van der Waals surface area (Å²) in [6.45, 7) is 10.4. The van der Waals surface area contributed by atoms with E-state index < -0.39 is 0 Å². The predicted octanol–water partition coefficient (Wildman–Crippen LogP) is 3.60. The van der Waals surface area contributed by atoms with Crippen LogP contribution in [0.1, 0.15) is 25.5 Å². The smallest absolute Gasteiger partial charge is 0.191 e. The number of halogens is 1. The normalized spacial score (nSPS) is 15.0. The van der Waals surface area contributed by atoms with Gasteiger partial charge in [0, 0.05) is 57.9 Å². The van der Waals surface area contributed by atoms with Gasteiger partial charge >= 0.3 is 0 Å². The highest BCUT2D eigenvalue weighted by atomic mass is 127. The van der Waals surface area contributed by atoms with Crippen molar-refractivity contribution in [3.63, 3.8) is 0 Å². The van der Waals surface area contributed by atoms with Crippen molar-refractivity contribution in [2.24, 2.45) is 4.99 Å². The molecular weight excluding hydrogens is 489 g/mol. The molecule has 0 unspecified atom stereocenters. The van der Waals surface area contributed by atoms with Crippen LogP contribution in [0.15, 0.2) is 58.1 Å². The Hall–Kier alpha value is -1.74. The van der Waals surface area contributed by atoms with E-state index in [9.17, 15) is 0 Å².